The van der Waals surface area contributed by atoms with E-state index in [2.05, 4.69) is 39.8 Å². The molecule has 5 atom stereocenters. The van der Waals surface area contributed by atoms with Gasteiger partial charge in [-0.05, 0) is 19.8 Å². The van der Waals surface area contributed by atoms with E-state index >= 15 is 0 Å². The van der Waals surface area contributed by atoms with E-state index in [0.717, 1.165) is 0 Å². The minimum Gasteiger partial charge on any atom is -0.392 e. The minimum atomic E-state index is -0.161. The number of allylic oxidation sites excluding steroid dienone is 2. The van der Waals surface area contributed by atoms with Gasteiger partial charge in [0.15, 0.2) is 0 Å². The first-order valence-corrected chi connectivity index (χ1v) is 5.49. The van der Waals surface area contributed by atoms with E-state index in [1.807, 2.05) is 0 Å². The van der Waals surface area contributed by atoms with Gasteiger partial charge in [0.1, 0.15) is 0 Å². The summed E-state index contributed by atoms with van der Waals surface area (Å²) in [5, 5.41) is 10.3. The van der Waals surface area contributed by atoms with E-state index in [4.69, 9.17) is 0 Å². The predicted molar refractivity (Wildman–Crippen MR) is 56.7 cm³/mol. The number of aliphatic hydroxyl groups is 1. The van der Waals surface area contributed by atoms with E-state index in [-0.39, 0.29) is 16.9 Å². The Balaban J connectivity index is 2.20. The average Bonchev–Trinajstić information content (AvgIpc) is 2.43. The second-order valence-corrected chi connectivity index (χ2v) is 5.71. The molecule has 14 heavy (non-hydrogen) atoms. The maximum absolute atomic E-state index is 10.3. The average molecular weight is 190 g/mol. The lowest BCUT2D eigenvalue weighted by Crippen LogP contribution is -2.43. The van der Waals surface area contributed by atoms with Gasteiger partial charge in [-0.25, -0.2) is 0 Å². The van der Waals surface area contributed by atoms with Gasteiger partial charge in [-0.2, -0.15) is 0 Å². The molecule has 1 saturated carbocycles. The number of aliphatic hydroxyl groups excluding tert-OH is 1. The molecule has 0 amide bonds. The Hall–Kier alpha value is -0.560. The summed E-state index contributed by atoms with van der Waals surface area (Å²) in [5.41, 5.74) is 3.15. The molecule has 3 aliphatic carbocycles. The van der Waals surface area contributed by atoms with Crippen molar-refractivity contribution in [3.63, 3.8) is 0 Å². The maximum atomic E-state index is 10.3. The third-order valence-electron chi connectivity index (χ3n) is 5.48. The van der Waals surface area contributed by atoms with Crippen LogP contribution in [0.5, 0.6) is 0 Å². The summed E-state index contributed by atoms with van der Waals surface area (Å²) in [5.74, 6) is 0.933. The zero-order chi connectivity index (χ0) is 10.3. The SMILES string of the molecule is CC1=CC2C(O)C1(C)C1C=C(C)C21C. The fraction of sp³-hybridized carbons (Fsp3) is 0.692. The molecule has 1 nitrogen and oxygen atoms in total. The molecule has 1 fully saturated rings. The van der Waals surface area contributed by atoms with Crippen molar-refractivity contribution in [2.24, 2.45) is 22.7 Å². The van der Waals surface area contributed by atoms with Crippen molar-refractivity contribution in [3.8, 4) is 0 Å². The highest BCUT2D eigenvalue weighted by Crippen LogP contribution is 2.72. The highest BCUT2D eigenvalue weighted by molar-refractivity contribution is 5.47. The fourth-order valence-electron chi connectivity index (χ4n) is 4.09. The third kappa shape index (κ3) is 0.554. The number of fused-ring (bicyclic) bond motifs is 5. The highest BCUT2D eigenvalue weighted by Gasteiger charge is 2.69. The van der Waals surface area contributed by atoms with Crippen molar-refractivity contribution in [1.29, 1.82) is 0 Å². The Kier molecular flexibility index (Phi) is 1.25. The molecule has 5 unspecified atom stereocenters. The first kappa shape index (κ1) is 8.72. The third-order valence-corrected chi connectivity index (χ3v) is 5.48. The van der Waals surface area contributed by atoms with Crippen LogP contribution in [0.3, 0.4) is 0 Å². The zero-order valence-electron chi connectivity index (χ0n) is 9.33. The first-order valence-electron chi connectivity index (χ1n) is 5.49. The Morgan fingerprint density at radius 2 is 1.64 bits per heavy atom. The van der Waals surface area contributed by atoms with Gasteiger partial charge in [0.05, 0.1) is 6.10 Å². The molecule has 1 N–H and O–H groups in total. The van der Waals surface area contributed by atoms with Gasteiger partial charge in [-0.15, -0.1) is 0 Å². The van der Waals surface area contributed by atoms with Crippen molar-refractivity contribution in [2.45, 2.75) is 33.8 Å². The van der Waals surface area contributed by atoms with Crippen LogP contribution in [0.4, 0.5) is 0 Å². The summed E-state index contributed by atoms with van der Waals surface area (Å²) in [7, 11) is 0. The molecule has 0 spiro atoms. The van der Waals surface area contributed by atoms with Crippen LogP contribution in [-0.4, -0.2) is 11.2 Å². The Morgan fingerprint density at radius 1 is 1.07 bits per heavy atom. The Bertz CT molecular complexity index is 375. The van der Waals surface area contributed by atoms with E-state index in [1.54, 1.807) is 0 Å². The summed E-state index contributed by atoms with van der Waals surface area (Å²) in [6.07, 6.45) is 4.50. The summed E-state index contributed by atoms with van der Waals surface area (Å²) in [4.78, 5) is 0. The molecule has 2 bridgehead atoms. The van der Waals surface area contributed by atoms with Crippen LogP contribution < -0.4 is 0 Å². The topological polar surface area (TPSA) is 20.2 Å². The van der Waals surface area contributed by atoms with Crippen molar-refractivity contribution >= 4 is 0 Å². The lowest BCUT2D eigenvalue weighted by molar-refractivity contribution is 0.0743. The fourth-order valence-corrected chi connectivity index (χ4v) is 4.09. The molecule has 0 aromatic carbocycles. The number of hydrogen-bond donors (Lipinski definition) is 1. The normalized spacial score (nSPS) is 59.1. The van der Waals surface area contributed by atoms with Crippen LogP contribution in [0.25, 0.3) is 0 Å². The van der Waals surface area contributed by atoms with Crippen molar-refractivity contribution in [2.75, 3.05) is 0 Å². The molecule has 0 aromatic heterocycles. The van der Waals surface area contributed by atoms with Crippen molar-refractivity contribution in [3.05, 3.63) is 23.3 Å². The lowest BCUT2D eigenvalue weighted by atomic mass is 9.53. The van der Waals surface area contributed by atoms with Gasteiger partial charge in [0.25, 0.3) is 0 Å². The maximum Gasteiger partial charge on any atom is 0.0707 e. The second kappa shape index (κ2) is 2.01. The van der Waals surface area contributed by atoms with E-state index in [9.17, 15) is 5.11 Å². The van der Waals surface area contributed by atoms with Crippen molar-refractivity contribution in [1.82, 2.24) is 0 Å². The van der Waals surface area contributed by atoms with Crippen LogP contribution in [0.2, 0.25) is 0 Å². The van der Waals surface area contributed by atoms with Crippen LogP contribution in [0, 0.1) is 22.7 Å². The molecular formula is C13H18O. The standard InChI is InChI=1S/C13H18O/c1-7-5-9-11(14)13(7,4)10-6-8(2)12(9,10)3/h5-6,9-11,14H,1-4H3. The van der Waals surface area contributed by atoms with Gasteiger partial charge < -0.3 is 5.11 Å². The Morgan fingerprint density at radius 3 is 2.14 bits per heavy atom. The van der Waals surface area contributed by atoms with Crippen LogP contribution in [0.15, 0.2) is 23.3 Å². The molecule has 1 heteroatoms. The lowest BCUT2D eigenvalue weighted by Gasteiger charge is -2.50. The minimum absolute atomic E-state index is 0.0267. The van der Waals surface area contributed by atoms with Crippen LogP contribution in [0.1, 0.15) is 27.7 Å². The molecule has 0 aromatic rings. The van der Waals surface area contributed by atoms with Gasteiger partial charge in [0, 0.05) is 16.7 Å². The zero-order valence-corrected chi connectivity index (χ0v) is 9.33. The summed E-state index contributed by atoms with van der Waals surface area (Å²) >= 11 is 0. The molecule has 0 aliphatic heterocycles. The monoisotopic (exact) mass is 190 g/mol. The van der Waals surface area contributed by atoms with Gasteiger partial charge in [-0.3, -0.25) is 0 Å². The number of hydrogen-bond acceptors (Lipinski definition) is 1. The van der Waals surface area contributed by atoms with E-state index in [1.165, 1.54) is 11.1 Å². The highest BCUT2D eigenvalue weighted by atomic mass is 16.3. The van der Waals surface area contributed by atoms with Crippen LogP contribution in [-0.2, 0) is 0 Å². The second-order valence-electron chi connectivity index (χ2n) is 5.71. The molecule has 0 saturated heterocycles. The summed E-state index contributed by atoms with van der Waals surface area (Å²) < 4.78 is 0. The molecule has 0 heterocycles. The van der Waals surface area contributed by atoms with Crippen LogP contribution >= 0.6 is 0 Å². The summed E-state index contributed by atoms with van der Waals surface area (Å²) in [6.45, 7) is 8.91. The van der Waals surface area contributed by atoms with Gasteiger partial charge >= 0.3 is 0 Å². The quantitative estimate of drug-likeness (QED) is 0.582. The smallest absolute Gasteiger partial charge is 0.0707 e. The molecule has 0 radical (unpaired) electrons. The molecule has 3 rings (SSSR count). The van der Waals surface area contributed by atoms with E-state index in [0.29, 0.717) is 11.8 Å². The van der Waals surface area contributed by atoms with Gasteiger partial charge in [-0.1, -0.05) is 37.1 Å². The van der Waals surface area contributed by atoms with Gasteiger partial charge in [0.2, 0.25) is 0 Å². The molecule has 3 aliphatic rings. The van der Waals surface area contributed by atoms with Crippen molar-refractivity contribution < 1.29 is 5.11 Å². The molecular weight excluding hydrogens is 172 g/mol. The summed E-state index contributed by atoms with van der Waals surface area (Å²) in [6, 6.07) is 0. The Labute approximate surface area is 85.5 Å². The van der Waals surface area contributed by atoms with E-state index < -0.39 is 0 Å². The predicted octanol–water partition coefficient (Wildman–Crippen LogP) is 2.53. The first-order chi connectivity index (χ1) is 6.43. The molecule has 76 valence electrons. The largest absolute Gasteiger partial charge is 0.392 e. The number of rotatable bonds is 0.